The largest absolute Gasteiger partial charge is 0.285 e. The number of allylic oxidation sites excluding steroid dienone is 2. The molecular weight excluding hydrogens is 344 g/mol. The van der Waals surface area contributed by atoms with E-state index in [4.69, 9.17) is 12.2 Å². The summed E-state index contributed by atoms with van der Waals surface area (Å²) in [5.74, 6) is -0.585. The van der Waals surface area contributed by atoms with Crippen LogP contribution in [0.15, 0.2) is 48.1 Å². The highest BCUT2D eigenvalue weighted by Crippen LogP contribution is 2.19. The Morgan fingerprint density at radius 3 is 1.96 bits per heavy atom. The summed E-state index contributed by atoms with van der Waals surface area (Å²) in [4.78, 5) is 28.7. The Kier molecular flexibility index (Phi) is 7.73. The molecule has 1 fully saturated rings. The fraction of sp³-hybridized carbons (Fsp3) is 0.381. The number of amides is 2. The monoisotopic (exact) mass is 370 g/mol. The van der Waals surface area contributed by atoms with Crippen LogP contribution >= 0.6 is 12.2 Å². The van der Waals surface area contributed by atoms with E-state index in [1.165, 1.54) is 0 Å². The molecule has 1 aromatic carbocycles. The van der Waals surface area contributed by atoms with Crippen LogP contribution in [0.4, 0.5) is 0 Å². The third-order valence-corrected chi connectivity index (χ3v) is 4.68. The third-order valence-electron chi connectivity index (χ3n) is 4.23. The van der Waals surface area contributed by atoms with Gasteiger partial charge in [-0.15, -0.1) is 0 Å². The Labute approximate surface area is 161 Å². The molecule has 2 rings (SSSR count). The van der Waals surface area contributed by atoms with Crippen molar-refractivity contribution in [1.82, 2.24) is 9.80 Å². The number of unbranched alkanes of at least 4 members (excludes halogenated alkanes) is 2. The molecule has 0 bridgehead atoms. The minimum Gasteiger partial charge on any atom is -0.285 e. The predicted molar refractivity (Wildman–Crippen MR) is 109 cm³/mol. The fourth-order valence-corrected chi connectivity index (χ4v) is 3.04. The first-order chi connectivity index (χ1) is 12.6. The molecule has 0 aliphatic carbocycles. The van der Waals surface area contributed by atoms with Crippen LogP contribution in [0.25, 0.3) is 6.08 Å². The van der Waals surface area contributed by atoms with Crippen molar-refractivity contribution >= 4 is 35.2 Å². The van der Waals surface area contributed by atoms with Gasteiger partial charge in [0.1, 0.15) is 5.57 Å². The molecule has 1 heterocycles. The summed E-state index contributed by atoms with van der Waals surface area (Å²) in [6, 6.07) is 9.77. The van der Waals surface area contributed by atoms with Gasteiger partial charge in [-0.05, 0) is 36.7 Å². The second kappa shape index (κ2) is 10.0. The average Bonchev–Trinajstić information content (AvgIpc) is 2.65. The Balaban J connectivity index is 2.27. The normalized spacial score (nSPS) is 15.3. The first-order valence-electron chi connectivity index (χ1n) is 9.21. The molecule has 1 aliphatic rings. The zero-order valence-corrected chi connectivity index (χ0v) is 16.3. The minimum absolute atomic E-state index is 0.179. The molecule has 0 aromatic heterocycles. The number of carbonyl (C=O) groups excluding carboxylic acids is 2. The van der Waals surface area contributed by atoms with Crippen LogP contribution in [0.1, 0.15) is 45.1 Å². The van der Waals surface area contributed by atoms with Crippen LogP contribution in [-0.4, -0.2) is 39.8 Å². The van der Waals surface area contributed by atoms with Crippen molar-refractivity contribution in [2.24, 2.45) is 0 Å². The highest BCUT2D eigenvalue weighted by Gasteiger charge is 2.38. The molecule has 0 radical (unpaired) electrons. The number of benzene rings is 1. The van der Waals surface area contributed by atoms with E-state index in [2.05, 4.69) is 13.8 Å². The summed E-state index contributed by atoms with van der Waals surface area (Å²) < 4.78 is 0. The van der Waals surface area contributed by atoms with Crippen LogP contribution < -0.4 is 0 Å². The summed E-state index contributed by atoms with van der Waals surface area (Å²) >= 11 is 5.44. The van der Waals surface area contributed by atoms with Crippen LogP contribution in [0.3, 0.4) is 0 Å². The Morgan fingerprint density at radius 2 is 1.46 bits per heavy atom. The van der Waals surface area contributed by atoms with Crippen molar-refractivity contribution in [3.8, 4) is 0 Å². The van der Waals surface area contributed by atoms with Gasteiger partial charge >= 0.3 is 0 Å². The predicted octanol–water partition coefficient (Wildman–Crippen LogP) is 4.18. The first kappa shape index (κ1) is 20.0. The van der Waals surface area contributed by atoms with E-state index in [1.54, 1.807) is 22.0 Å². The lowest BCUT2D eigenvalue weighted by Crippen LogP contribution is -2.56. The van der Waals surface area contributed by atoms with E-state index in [-0.39, 0.29) is 17.4 Å². The molecule has 4 nitrogen and oxygen atoms in total. The van der Waals surface area contributed by atoms with Crippen molar-refractivity contribution in [3.05, 3.63) is 53.6 Å². The molecule has 0 atom stereocenters. The van der Waals surface area contributed by atoms with E-state index >= 15 is 0 Å². The van der Waals surface area contributed by atoms with Crippen molar-refractivity contribution in [1.29, 1.82) is 0 Å². The number of hydrogen-bond donors (Lipinski definition) is 0. The van der Waals surface area contributed by atoms with Gasteiger partial charge in [-0.25, -0.2) is 0 Å². The molecule has 1 saturated heterocycles. The lowest BCUT2D eigenvalue weighted by Gasteiger charge is -2.36. The molecule has 0 unspecified atom stereocenters. The van der Waals surface area contributed by atoms with Crippen molar-refractivity contribution in [2.75, 3.05) is 13.1 Å². The van der Waals surface area contributed by atoms with E-state index in [1.807, 2.05) is 36.4 Å². The highest BCUT2D eigenvalue weighted by molar-refractivity contribution is 7.80. The Morgan fingerprint density at radius 1 is 0.923 bits per heavy atom. The molecular formula is C21H26N2O2S. The molecule has 0 saturated carbocycles. The van der Waals surface area contributed by atoms with Crippen LogP contribution in [0, 0.1) is 0 Å². The molecule has 0 spiro atoms. The van der Waals surface area contributed by atoms with Crippen LogP contribution in [0.2, 0.25) is 0 Å². The van der Waals surface area contributed by atoms with Gasteiger partial charge in [0.2, 0.25) is 0 Å². The highest BCUT2D eigenvalue weighted by atomic mass is 32.1. The van der Waals surface area contributed by atoms with Crippen LogP contribution in [0.5, 0.6) is 0 Å². The standard InChI is InChI=1S/C21H26N2O2S/c1-3-5-15-22-19(24)18(14-10-13-17-11-8-7-9-12-17)20(25)23(21(22)26)16-6-4-2/h7-14H,3-6,15-16H2,1-2H3. The van der Waals surface area contributed by atoms with Crippen molar-refractivity contribution < 1.29 is 9.59 Å². The molecule has 26 heavy (non-hydrogen) atoms. The average molecular weight is 371 g/mol. The molecule has 1 aromatic rings. The number of carbonyl (C=O) groups is 2. The quantitative estimate of drug-likeness (QED) is 0.391. The van der Waals surface area contributed by atoms with E-state index in [0.29, 0.717) is 18.2 Å². The van der Waals surface area contributed by atoms with Crippen LogP contribution in [-0.2, 0) is 9.59 Å². The van der Waals surface area contributed by atoms with Gasteiger partial charge in [0, 0.05) is 13.1 Å². The Hall–Kier alpha value is -2.27. The van der Waals surface area contributed by atoms with Gasteiger partial charge in [-0.2, -0.15) is 0 Å². The summed E-state index contributed by atoms with van der Waals surface area (Å²) in [5, 5.41) is 0.339. The van der Waals surface area contributed by atoms with Gasteiger partial charge in [0.25, 0.3) is 11.8 Å². The molecule has 138 valence electrons. The van der Waals surface area contributed by atoms with Gasteiger partial charge in [-0.3, -0.25) is 19.4 Å². The molecule has 5 heteroatoms. The maximum absolute atomic E-state index is 12.8. The topological polar surface area (TPSA) is 40.6 Å². The number of hydrogen-bond acceptors (Lipinski definition) is 3. The van der Waals surface area contributed by atoms with E-state index in [0.717, 1.165) is 31.2 Å². The maximum Gasteiger partial charge on any atom is 0.265 e. The van der Waals surface area contributed by atoms with Gasteiger partial charge in [-0.1, -0.05) is 69.2 Å². The number of rotatable bonds is 8. The number of nitrogens with zero attached hydrogens (tertiary/aromatic N) is 2. The second-order valence-corrected chi connectivity index (χ2v) is 6.62. The van der Waals surface area contributed by atoms with Gasteiger partial charge in [0.15, 0.2) is 5.11 Å². The summed E-state index contributed by atoms with van der Waals surface area (Å²) in [5.41, 5.74) is 1.19. The summed E-state index contributed by atoms with van der Waals surface area (Å²) in [6.45, 7) is 5.22. The summed E-state index contributed by atoms with van der Waals surface area (Å²) in [7, 11) is 0. The molecule has 1 aliphatic heterocycles. The lowest BCUT2D eigenvalue weighted by atomic mass is 10.1. The number of thiocarbonyl (C=S) groups is 1. The maximum atomic E-state index is 12.8. The minimum atomic E-state index is -0.293. The van der Waals surface area contributed by atoms with E-state index in [9.17, 15) is 9.59 Å². The third kappa shape index (κ3) is 4.88. The smallest absolute Gasteiger partial charge is 0.265 e. The van der Waals surface area contributed by atoms with Crippen molar-refractivity contribution in [2.45, 2.75) is 39.5 Å². The second-order valence-electron chi connectivity index (χ2n) is 6.25. The van der Waals surface area contributed by atoms with E-state index < -0.39 is 0 Å². The zero-order chi connectivity index (χ0) is 18.9. The van der Waals surface area contributed by atoms with Crippen molar-refractivity contribution in [3.63, 3.8) is 0 Å². The van der Waals surface area contributed by atoms with Gasteiger partial charge in [0.05, 0.1) is 0 Å². The van der Waals surface area contributed by atoms with Gasteiger partial charge < -0.3 is 0 Å². The lowest BCUT2D eigenvalue weighted by molar-refractivity contribution is -0.133. The SMILES string of the molecule is CCCCN1C(=O)C(=CC=Cc2ccccc2)C(=O)N(CCCC)C1=S. The fourth-order valence-electron chi connectivity index (χ4n) is 2.69. The summed E-state index contributed by atoms with van der Waals surface area (Å²) in [6.07, 6.45) is 8.88. The Bertz CT molecular complexity index is 678. The molecule has 2 amide bonds. The zero-order valence-electron chi connectivity index (χ0n) is 15.5. The molecule has 0 N–H and O–H groups in total. The first-order valence-corrected chi connectivity index (χ1v) is 9.62.